The number of carbonyl (C=O) groups is 2. The fourth-order valence-electron chi connectivity index (χ4n) is 3.18. The smallest absolute Gasteiger partial charge is 0.257 e. The molecule has 0 spiro atoms. The van der Waals surface area contributed by atoms with Gasteiger partial charge in [0.15, 0.2) is 0 Å². The van der Waals surface area contributed by atoms with Crippen molar-refractivity contribution in [3.8, 4) is 5.69 Å². The molecule has 1 aromatic heterocycles. The Bertz CT molecular complexity index is 1110. The van der Waals surface area contributed by atoms with Crippen LogP contribution < -0.4 is 5.32 Å². The fraction of sp³-hybridized carbons (Fsp3) is 0.227. The van der Waals surface area contributed by atoms with E-state index in [1.165, 1.54) is 11.1 Å². The van der Waals surface area contributed by atoms with Crippen molar-refractivity contribution in [1.82, 2.24) is 14.7 Å². The molecule has 3 rings (SSSR count). The number of aromatic nitrogens is 2. The van der Waals surface area contributed by atoms with Gasteiger partial charge in [-0.25, -0.2) is 4.68 Å². The molecule has 0 aliphatic heterocycles. The van der Waals surface area contributed by atoms with E-state index in [9.17, 15) is 9.59 Å². The number of para-hydroxylation sites is 1. The summed E-state index contributed by atoms with van der Waals surface area (Å²) >= 11 is 18.3. The van der Waals surface area contributed by atoms with Crippen molar-refractivity contribution in [2.45, 2.75) is 19.8 Å². The second-order valence-electron chi connectivity index (χ2n) is 7.30. The Morgan fingerprint density at radius 2 is 1.74 bits per heavy atom. The molecule has 6 nitrogen and oxygen atoms in total. The van der Waals surface area contributed by atoms with Crippen LogP contribution in [0.1, 0.15) is 35.8 Å². The molecule has 0 saturated carbocycles. The largest absolute Gasteiger partial charge is 0.332 e. The summed E-state index contributed by atoms with van der Waals surface area (Å²) in [4.78, 5) is 26.9. The van der Waals surface area contributed by atoms with Gasteiger partial charge in [0.25, 0.3) is 5.91 Å². The summed E-state index contributed by atoms with van der Waals surface area (Å²) < 4.78 is 1.70. The van der Waals surface area contributed by atoms with Crippen LogP contribution in [0.15, 0.2) is 48.7 Å². The zero-order chi connectivity index (χ0) is 22.7. The molecule has 2 aromatic carbocycles. The number of benzene rings is 2. The molecule has 0 saturated heterocycles. The predicted molar refractivity (Wildman–Crippen MR) is 125 cm³/mol. The molecule has 0 unspecified atom stereocenters. The van der Waals surface area contributed by atoms with Crippen LogP contribution in [0.3, 0.4) is 0 Å². The van der Waals surface area contributed by atoms with E-state index in [1.54, 1.807) is 42.1 Å². The Balaban J connectivity index is 1.81. The highest BCUT2D eigenvalue weighted by atomic mass is 35.5. The minimum absolute atomic E-state index is 0.00425. The monoisotopic (exact) mass is 478 g/mol. The summed E-state index contributed by atoms with van der Waals surface area (Å²) in [5.74, 6) is -0.735. The molecule has 0 atom stereocenters. The number of anilines is 1. The van der Waals surface area contributed by atoms with Crippen molar-refractivity contribution in [2.75, 3.05) is 18.9 Å². The van der Waals surface area contributed by atoms with Crippen molar-refractivity contribution < 1.29 is 9.59 Å². The number of hydrogen-bond donors (Lipinski definition) is 1. The van der Waals surface area contributed by atoms with Crippen LogP contribution in [-0.4, -0.2) is 40.1 Å². The summed E-state index contributed by atoms with van der Waals surface area (Å²) in [6, 6.07) is 12.2. The predicted octanol–water partition coefficient (Wildman–Crippen LogP) is 5.67. The van der Waals surface area contributed by atoms with Crippen molar-refractivity contribution >= 4 is 52.3 Å². The van der Waals surface area contributed by atoms with Gasteiger partial charge in [-0.2, -0.15) is 5.10 Å². The number of amides is 2. The molecular formula is C22H21Cl3N4O2. The van der Waals surface area contributed by atoms with Gasteiger partial charge >= 0.3 is 0 Å². The average Bonchev–Trinajstić information content (AvgIpc) is 3.15. The second-order valence-corrected chi connectivity index (χ2v) is 8.55. The first-order chi connectivity index (χ1) is 14.7. The van der Waals surface area contributed by atoms with Crippen LogP contribution in [0.25, 0.3) is 5.69 Å². The molecule has 0 radical (unpaired) electrons. The molecule has 0 aliphatic carbocycles. The Morgan fingerprint density at radius 1 is 1.10 bits per heavy atom. The molecule has 2 amide bonds. The van der Waals surface area contributed by atoms with E-state index in [0.717, 1.165) is 11.4 Å². The standard InChI is InChI=1S/C22H21Cl3N4O2/c1-13(2)21-16(11-26-29(21)15-7-4-6-14(23)10-15)22(31)28(3)12-19(30)27-20-17(24)8-5-9-18(20)25/h4-11,13H,12H2,1-3H3,(H,27,30). The van der Waals surface area contributed by atoms with Gasteiger partial charge in [0.2, 0.25) is 5.91 Å². The molecule has 9 heteroatoms. The van der Waals surface area contributed by atoms with Crippen LogP contribution in [0.4, 0.5) is 5.69 Å². The van der Waals surface area contributed by atoms with E-state index >= 15 is 0 Å². The summed E-state index contributed by atoms with van der Waals surface area (Å²) in [6.07, 6.45) is 1.51. The SMILES string of the molecule is CC(C)c1c(C(=O)N(C)CC(=O)Nc2c(Cl)cccc2Cl)cnn1-c1cccc(Cl)c1. The lowest BCUT2D eigenvalue weighted by Gasteiger charge is -2.19. The van der Waals surface area contributed by atoms with E-state index < -0.39 is 5.91 Å². The normalized spacial score (nSPS) is 10.9. The first kappa shape index (κ1) is 23.1. The van der Waals surface area contributed by atoms with Crippen molar-refractivity contribution in [2.24, 2.45) is 0 Å². The third-order valence-corrected chi connectivity index (χ3v) is 5.46. The summed E-state index contributed by atoms with van der Waals surface area (Å²) in [6.45, 7) is 3.77. The molecular weight excluding hydrogens is 459 g/mol. The van der Waals surface area contributed by atoms with Gasteiger partial charge < -0.3 is 10.2 Å². The van der Waals surface area contributed by atoms with E-state index in [0.29, 0.717) is 26.3 Å². The molecule has 1 N–H and O–H groups in total. The molecule has 3 aromatic rings. The fourth-order valence-corrected chi connectivity index (χ4v) is 3.86. The number of likely N-dealkylation sites (N-methyl/N-ethyl adjacent to an activating group) is 1. The lowest BCUT2D eigenvalue weighted by atomic mass is 10.0. The zero-order valence-corrected chi connectivity index (χ0v) is 19.5. The summed E-state index contributed by atoms with van der Waals surface area (Å²) in [7, 11) is 1.55. The van der Waals surface area contributed by atoms with Crippen molar-refractivity contribution in [3.05, 3.63) is 75.0 Å². The summed E-state index contributed by atoms with van der Waals surface area (Å²) in [5.41, 5.74) is 2.21. The Hall–Kier alpha value is -2.54. The maximum absolute atomic E-state index is 13.1. The van der Waals surface area contributed by atoms with Crippen LogP contribution in [0.5, 0.6) is 0 Å². The van der Waals surface area contributed by atoms with E-state index in [2.05, 4.69) is 10.4 Å². The summed E-state index contributed by atoms with van der Waals surface area (Å²) in [5, 5.41) is 8.27. The highest BCUT2D eigenvalue weighted by Gasteiger charge is 2.24. The molecule has 0 aliphatic rings. The van der Waals surface area contributed by atoms with Crippen LogP contribution in [0, 0.1) is 0 Å². The minimum atomic E-state index is -0.417. The van der Waals surface area contributed by atoms with Gasteiger partial charge in [-0.3, -0.25) is 9.59 Å². The van der Waals surface area contributed by atoms with E-state index in [1.807, 2.05) is 26.0 Å². The average molecular weight is 480 g/mol. The topological polar surface area (TPSA) is 67.2 Å². The first-order valence-electron chi connectivity index (χ1n) is 9.52. The Kier molecular flexibility index (Phi) is 7.26. The maximum Gasteiger partial charge on any atom is 0.257 e. The number of hydrogen-bond acceptors (Lipinski definition) is 3. The minimum Gasteiger partial charge on any atom is -0.332 e. The zero-order valence-electron chi connectivity index (χ0n) is 17.2. The Morgan fingerprint density at radius 3 is 2.35 bits per heavy atom. The molecule has 162 valence electrons. The molecule has 0 fully saturated rings. The molecule has 1 heterocycles. The highest BCUT2D eigenvalue weighted by Crippen LogP contribution is 2.30. The van der Waals surface area contributed by atoms with Gasteiger partial charge in [0.05, 0.1) is 45.4 Å². The Labute approximate surface area is 195 Å². The van der Waals surface area contributed by atoms with E-state index in [-0.39, 0.29) is 18.4 Å². The van der Waals surface area contributed by atoms with Crippen molar-refractivity contribution in [3.63, 3.8) is 0 Å². The lowest BCUT2D eigenvalue weighted by molar-refractivity contribution is -0.116. The van der Waals surface area contributed by atoms with Gasteiger partial charge in [-0.1, -0.05) is 60.8 Å². The van der Waals surface area contributed by atoms with Gasteiger partial charge in [0.1, 0.15) is 0 Å². The molecule has 0 bridgehead atoms. The lowest BCUT2D eigenvalue weighted by Crippen LogP contribution is -2.35. The van der Waals surface area contributed by atoms with Crippen LogP contribution >= 0.6 is 34.8 Å². The van der Waals surface area contributed by atoms with E-state index in [4.69, 9.17) is 34.8 Å². The molecule has 31 heavy (non-hydrogen) atoms. The third kappa shape index (κ3) is 5.21. The van der Waals surface area contributed by atoms with Gasteiger partial charge in [0, 0.05) is 12.1 Å². The number of halogens is 3. The highest BCUT2D eigenvalue weighted by molar-refractivity contribution is 6.39. The van der Waals surface area contributed by atoms with Crippen LogP contribution in [0.2, 0.25) is 15.1 Å². The number of nitrogens with one attached hydrogen (secondary N) is 1. The van der Waals surface area contributed by atoms with Crippen LogP contribution in [-0.2, 0) is 4.79 Å². The van der Waals surface area contributed by atoms with Gasteiger partial charge in [-0.05, 0) is 36.2 Å². The number of carbonyl (C=O) groups excluding carboxylic acids is 2. The van der Waals surface area contributed by atoms with Crippen molar-refractivity contribution in [1.29, 1.82) is 0 Å². The first-order valence-corrected chi connectivity index (χ1v) is 10.7. The van der Waals surface area contributed by atoms with Gasteiger partial charge in [-0.15, -0.1) is 0 Å². The number of nitrogens with zero attached hydrogens (tertiary/aromatic N) is 3. The second kappa shape index (κ2) is 9.73. The third-order valence-electron chi connectivity index (χ3n) is 4.59. The number of rotatable bonds is 6. The maximum atomic E-state index is 13.1. The quantitative estimate of drug-likeness (QED) is 0.495.